The van der Waals surface area contributed by atoms with Gasteiger partial charge in [-0.25, -0.2) is 9.69 Å². The van der Waals surface area contributed by atoms with Crippen LogP contribution in [0.2, 0.25) is 0 Å². The first-order valence-electron chi connectivity index (χ1n) is 9.95. The summed E-state index contributed by atoms with van der Waals surface area (Å²) in [5.74, 6) is -0.199. The summed E-state index contributed by atoms with van der Waals surface area (Å²) in [5.41, 5.74) is 6.37. The zero-order chi connectivity index (χ0) is 21.8. The minimum atomic E-state index is -1.42. The molecule has 0 saturated carbocycles. The van der Waals surface area contributed by atoms with Crippen LogP contribution in [0.3, 0.4) is 0 Å². The third kappa shape index (κ3) is 2.83. The molecule has 8 nitrogen and oxygen atoms in total. The summed E-state index contributed by atoms with van der Waals surface area (Å²) >= 11 is 1.70. The quantitative estimate of drug-likeness (QED) is 0.691. The number of primary amides is 1. The Morgan fingerprint density at radius 1 is 1.10 bits per heavy atom. The van der Waals surface area contributed by atoms with Gasteiger partial charge in [-0.3, -0.25) is 19.7 Å². The Balaban J connectivity index is 1.62. The minimum absolute atomic E-state index is 0.221. The number of rotatable bonds is 2. The smallest absolute Gasteiger partial charge is 0.335 e. The van der Waals surface area contributed by atoms with Crippen molar-refractivity contribution in [3.63, 3.8) is 0 Å². The molecule has 3 aliphatic rings. The van der Waals surface area contributed by atoms with Crippen LogP contribution in [-0.2, 0) is 16.0 Å². The first-order valence-corrected chi connectivity index (χ1v) is 11.1. The van der Waals surface area contributed by atoms with Gasteiger partial charge in [0.2, 0.25) is 11.8 Å². The number of barbiturate groups is 1. The molecule has 2 atom stereocenters. The first kappa shape index (κ1) is 19.6. The van der Waals surface area contributed by atoms with Crippen LogP contribution in [0.4, 0.5) is 16.2 Å². The van der Waals surface area contributed by atoms with E-state index in [0.29, 0.717) is 5.75 Å². The van der Waals surface area contributed by atoms with Gasteiger partial charge < -0.3 is 10.6 Å². The van der Waals surface area contributed by atoms with Gasteiger partial charge in [0.1, 0.15) is 0 Å². The number of carbonyl (C=O) groups is 4. The van der Waals surface area contributed by atoms with Crippen LogP contribution < -0.4 is 20.9 Å². The average Bonchev–Trinajstić information content (AvgIpc) is 2.78. The van der Waals surface area contributed by atoms with Gasteiger partial charge in [-0.2, -0.15) is 11.8 Å². The van der Waals surface area contributed by atoms with Crippen LogP contribution >= 0.6 is 11.8 Å². The third-order valence-electron chi connectivity index (χ3n) is 6.29. The summed E-state index contributed by atoms with van der Waals surface area (Å²) in [6.07, 6.45) is 0.221. The predicted molar refractivity (Wildman–Crippen MR) is 117 cm³/mol. The summed E-state index contributed by atoms with van der Waals surface area (Å²) in [4.78, 5) is 54.5. The number of imide groups is 2. The van der Waals surface area contributed by atoms with Crippen LogP contribution in [0.1, 0.15) is 15.9 Å². The Morgan fingerprint density at radius 2 is 1.84 bits per heavy atom. The fourth-order valence-corrected chi connectivity index (χ4v) is 5.95. The van der Waals surface area contributed by atoms with Crippen LogP contribution in [-0.4, -0.2) is 47.8 Å². The largest absolute Gasteiger partial charge is 0.366 e. The van der Waals surface area contributed by atoms with E-state index in [0.717, 1.165) is 28.4 Å². The maximum absolute atomic E-state index is 13.9. The van der Waals surface area contributed by atoms with Crippen molar-refractivity contribution in [3.8, 4) is 0 Å². The number of benzene rings is 2. The van der Waals surface area contributed by atoms with E-state index in [1.165, 1.54) is 24.3 Å². The maximum atomic E-state index is 13.9. The van der Waals surface area contributed by atoms with Gasteiger partial charge in [-0.1, -0.05) is 18.2 Å². The highest BCUT2D eigenvalue weighted by atomic mass is 32.2. The number of hydrogen-bond donors (Lipinski definition) is 2. The zero-order valence-corrected chi connectivity index (χ0v) is 17.4. The SMILES string of the molecule is NC(=O)c1ccc(N2C(=O)NC(=O)[C@]3(Cc4ccccc4N4CCSC[C@@H]43)C2=O)cc1. The lowest BCUT2D eigenvalue weighted by Crippen LogP contribution is -2.73. The van der Waals surface area contributed by atoms with Gasteiger partial charge >= 0.3 is 6.03 Å². The van der Waals surface area contributed by atoms with E-state index in [4.69, 9.17) is 5.73 Å². The number of nitrogens with zero attached hydrogens (tertiary/aromatic N) is 2. The molecule has 1 spiro atoms. The monoisotopic (exact) mass is 436 g/mol. The lowest BCUT2D eigenvalue weighted by molar-refractivity contribution is -0.144. The molecule has 3 N–H and O–H groups in total. The summed E-state index contributed by atoms with van der Waals surface area (Å²) in [5, 5.41) is 2.42. The molecule has 3 heterocycles. The molecular weight excluding hydrogens is 416 g/mol. The third-order valence-corrected chi connectivity index (χ3v) is 7.31. The molecule has 158 valence electrons. The molecule has 2 saturated heterocycles. The molecule has 31 heavy (non-hydrogen) atoms. The van der Waals surface area contributed by atoms with Crippen molar-refractivity contribution in [1.82, 2.24) is 5.32 Å². The molecule has 0 aliphatic carbocycles. The molecule has 0 radical (unpaired) electrons. The fourth-order valence-electron chi connectivity index (χ4n) is 4.77. The van der Waals surface area contributed by atoms with E-state index in [1.807, 2.05) is 24.3 Å². The molecule has 0 aromatic heterocycles. The molecule has 2 fully saturated rings. The summed E-state index contributed by atoms with van der Waals surface area (Å²) in [7, 11) is 0. The van der Waals surface area contributed by atoms with Crippen LogP contribution in [0, 0.1) is 5.41 Å². The van der Waals surface area contributed by atoms with E-state index in [9.17, 15) is 19.2 Å². The van der Waals surface area contributed by atoms with Gasteiger partial charge in [0.15, 0.2) is 5.41 Å². The van der Waals surface area contributed by atoms with Crippen molar-refractivity contribution in [1.29, 1.82) is 0 Å². The van der Waals surface area contributed by atoms with Gasteiger partial charge in [0.25, 0.3) is 5.91 Å². The Kier molecular flexibility index (Phi) is 4.51. The number of hydrogen-bond acceptors (Lipinski definition) is 6. The molecule has 2 aromatic carbocycles. The molecule has 3 aliphatic heterocycles. The molecule has 2 aromatic rings. The highest BCUT2D eigenvalue weighted by Gasteiger charge is 2.62. The normalized spacial score (nSPS) is 25.2. The second kappa shape index (κ2) is 7.12. The Morgan fingerprint density at radius 3 is 2.58 bits per heavy atom. The van der Waals surface area contributed by atoms with E-state index < -0.39 is 29.2 Å². The lowest BCUT2D eigenvalue weighted by atomic mass is 9.69. The summed E-state index contributed by atoms with van der Waals surface area (Å²) < 4.78 is 0. The van der Waals surface area contributed by atoms with Crippen LogP contribution in [0.25, 0.3) is 0 Å². The van der Waals surface area contributed by atoms with E-state index >= 15 is 0 Å². The number of anilines is 2. The van der Waals surface area contributed by atoms with E-state index in [1.54, 1.807) is 11.8 Å². The van der Waals surface area contributed by atoms with Crippen molar-refractivity contribution in [2.45, 2.75) is 12.5 Å². The summed E-state index contributed by atoms with van der Waals surface area (Å²) in [6.45, 7) is 0.718. The van der Waals surface area contributed by atoms with Crippen molar-refractivity contribution in [2.24, 2.45) is 11.1 Å². The molecule has 5 amide bonds. The predicted octanol–water partition coefficient (Wildman–Crippen LogP) is 1.53. The van der Waals surface area contributed by atoms with Crippen LogP contribution in [0.5, 0.6) is 0 Å². The van der Waals surface area contributed by atoms with E-state index in [-0.39, 0.29) is 23.7 Å². The standard InChI is InChI=1S/C22H20N4O4S/c23-18(27)13-5-7-15(8-6-13)26-20(29)22(19(28)24-21(26)30)11-14-3-1-2-4-16(14)25-9-10-31-12-17(22)25/h1-8,17H,9-12H2,(H2,23,27)(H,24,28,30)/t17-,22-/m1/s1. The van der Waals surface area contributed by atoms with Gasteiger partial charge in [0, 0.05) is 29.3 Å². The molecular formula is C22H20N4O4S. The number of amides is 5. The van der Waals surface area contributed by atoms with Crippen molar-refractivity contribution in [3.05, 3.63) is 59.7 Å². The van der Waals surface area contributed by atoms with Crippen molar-refractivity contribution in [2.75, 3.05) is 27.9 Å². The number of carbonyl (C=O) groups excluding carboxylic acids is 4. The van der Waals surface area contributed by atoms with Crippen molar-refractivity contribution >= 4 is 46.9 Å². The molecule has 0 unspecified atom stereocenters. The van der Waals surface area contributed by atoms with E-state index in [2.05, 4.69) is 10.2 Å². The topological polar surface area (TPSA) is 113 Å². The number of nitrogens with one attached hydrogen (secondary N) is 1. The highest BCUT2D eigenvalue weighted by Crippen LogP contribution is 2.47. The Hall–Kier alpha value is -3.33. The molecule has 5 rings (SSSR count). The Bertz CT molecular complexity index is 1120. The second-order valence-corrected chi connectivity index (χ2v) is 9.02. The maximum Gasteiger partial charge on any atom is 0.335 e. The number of nitrogens with two attached hydrogens (primary N) is 1. The average molecular weight is 436 g/mol. The molecule has 0 bridgehead atoms. The number of fused-ring (bicyclic) bond motifs is 4. The van der Waals surface area contributed by atoms with Crippen molar-refractivity contribution < 1.29 is 19.2 Å². The van der Waals surface area contributed by atoms with Gasteiger partial charge in [0.05, 0.1) is 11.7 Å². The zero-order valence-electron chi connectivity index (χ0n) is 16.5. The van der Waals surface area contributed by atoms with Crippen LogP contribution in [0.15, 0.2) is 48.5 Å². The lowest BCUT2D eigenvalue weighted by Gasteiger charge is -2.53. The fraction of sp³-hybridized carbons (Fsp3) is 0.273. The number of para-hydroxylation sites is 1. The number of thioether (sulfide) groups is 1. The first-order chi connectivity index (χ1) is 14.9. The second-order valence-electron chi connectivity index (χ2n) is 7.87. The molecule has 9 heteroatoms. The van der Waals surface area contributed by atoms with Gasteiger partial charge in [-0.15, -0.1) is 0 Å². The Labute approximate surface area is 182 Å². The highest BCUT2D eigenvalue weighted by molar-refractivity contribution is 7.99. The van der Waals surface area contributed by atoms with Gasteiger partial charge in [-0.05, 0) is 42.3 Å². The summed E-state index contributed by atoms with van der Waals surface area (Å²) in [6, 6.07) is 12.5. The minimum Gasteiger partial charge on any atom is -0.366 e. The number of urea groups is 1.